The van der Waals surface area contributed by atoms with Gasteiger partial charge in [-0.1, -0.05) is 30.7 Å². The first-order valence-corrected chi connectivity index (χ1v) is 12.1. The second-order valence-corrected chi connectivity index (χ2v) is 9.21. The van der Waals surface area contributed by atoms with E-state index in [0.29, 0.717) is 22.5 Å². The lowest BCUT2D eigenvalue weighted by Crippen LogP contribution is -2.44. The molecule has 40 heavy (non-hydrogen) atoms. The number of halogens is 4. The van der Waals surface area contributed by atoms with E-state index in [1.165, 1.54) is 42.7 Å². The average molecular weight is 580 g/mol. The number of carboxylic acids is 1. The average Bonchev–Trinajstić information content (AvgIpc) is 2.88. The van der Waals surface area contributed by atoms with E-state index in [1.807, 2.05) is 0 Å². The Bertz CT molecular complexity index is 1550. The first kappa shape index (κ1) is 30.2. The summed E-state index contributed by atoms with van der Waals surface area (Å²) < 4.78 is 45.2. The van der Waals surface area contributed by atoms with E-state index < -0.39 is 35.0 Å². The lowest BCUT2D eigenvalue weighted by molar-refractivity contribution is -0.141. The van der Waals surface area contributed by atoms with Crippen LogP contribution in [0.15, 0.2) is 74.9 Å². The van der Waals surface area contributed by atoms with Crippen LogP contribution in [0.1, 0.15) is 26.3 Å². The van der Waals surface area contributed by atoms with Gasteiger partial charge in [0.1, 0.15) is 5.75 Å². The highest BCUT2D eigenvalue weighted by atomic mass is 35.5. The van der Waals surface area contributed by atoms with Gasteiger partial charge in [-0.25, -0.2) is 19.1 Å². The maximum atomic E-state index is 13.3. The summed E-state index contributed by atoms with van der Waals surface area (Å²) in [5.74, 6) is -2.03. The third-order valence-electron chi connectivity index (χ3n) is 5.55. The number of ether oxygens (including phenoxy) is 1. The van der Waals surface area contributed by atoms with Crippen molar-refractivity contribution in [3.63, 3.8) is 0 Å². The van der Waals surface area contributed by atoms with Gasteiger partial charge in [-0.2, -0.15) is 18.2 Å². The molecule has 2 aromatic carbocycles. The molecule has 0 saturated heterocycles. The van der Waals surface area contributed by atoms with Crippen molar-refractivity contribution in [2.24, 2.45) is 10.9 Å². The Morgan fingerprint density at radius 1 is 1.12 bits per heavy atom. The van der Waals surface area contributed by atoms with Crippen molar-refractivity contribution in [2.75, 3.05) is 5.32 Å². The monoisotopic (exact) mass is 579 g/mol. The number of alkyl halides is 3. The quantitative estimate of drug-likeness (QED) is 0.274. The lowest BCUT2D eigenvalue weighted by atomic mass is 10.2. The molecule has 14 heteroatoms. The zero-order valence-corrected chi connectivity index (χ0v) is 22.3. The zero-order valence-electron chi connectivity index (χ0n) is 21.6. The van der Waals surface area contributed by atoms with Crippen LogP contribution < -0.4 is 21.4 Å². The Kier molecular flexibility index (Phi) is 9.53. The number of aliphatic carboxylic acids is 1. The number of aromatic nitrogens is 3. The molecular formula is C26H25ClF3N5O5. The molecule has 0 aliphatic carbocycles. The molecule has 0 aliphatic heterocycles. The number of hydrogen-bond donors (Lipinski definition) is 2. The van der Waals surface area contributed by atoms with E-state index >= 15 is 0 Å². The number of benzene rings is 2. The molecule has 0 radical (unpaired) electrons. The van der Waals surface area contributed by atoms with Crippen molar-refractivity contribution < 1.29 is 27.8 Å². The summed E-state index contributed by atoms with van der Waals surface area (Å²) in [4.78, 5) is 44.9. The van der Waals surface area contributed by atoms with Gasteiger partial charge in [0.25, 0.3) is 0 Å². The predicted octanol–water partition coefficient (Wildman–Crippen LogP) is 4.83. The fourth-order valence-electron chi connectivity index (χ4n) is 3.24. The number of aliphatic imine (C=N–C) groups is 1. The fourth-order valence-corrected chi connectivity index (χ4v) is 3.37. The van der Waals surface area contributed by atoms with Crippen LogP contribution in [0.4, 0.5) is 24.8 Å². The number of nitrogens with one attached hydrogen (secondary N) is 1. The minimum Gasteiger partial charge on any atom is -0.481 e. The molecule has 3 rings (SSSR count). The zero-order chi connectivity index (χ0) is 29.6. The van der Waals surface area contributed by atoms with Gasteiger partial charge >= 0.3 is 23.5 Å². The molecule has 0 amide bonds. The molecule has 1 atom stereocenters. The molecule has 1 aromatic heterocycles. The topological polar surface area (TPSA) is 128 Å². The molecule has 0 fully saturated rings. The SMILES string of the molecule is CC(=N/C=C(\C)C(F)(F)F)Oc1ccc(Nc2nc(=O)n(C[C@H](C)C(=O)O)c(=O)n2Cc2ccc(Cl)cc2)cc1. The van der Waals surface area contributed by atoms with Crippen molar-refractivity contribution in [3.05, 3.63) is 91.9 Å². The van der Waals surface area contributed by atoms with Gasteiger partial charge < -0.3 is 15.2 Å². The summed E-state index contributed by atoms with van der Waals surface area (Å²) in [7, 11) is 0. The number of hydrogen-bond acceptors (Lipinski definition) is 7. The van der Waals surface area contributed by atoms with Crippen LogP contribution in [-0.2, 0) is 17.9 Å². The fraction of sp³-hybridized carbons (Fsp3) is 0.269. The third kappa shape index (κ3) is 8.06. The summed E-state index contributed by atoms with van der Waals surface area (Å²) in [6.07, 6.45) is -3.83. The van der Waals surface area contributed by atoms with E-state index in [1.54, 1.807) is 24.3 Å². The first-order chi connectivity index (χ1) is 18.7. The Morgan fingerprint density at radius 3 is 2.33 bits per heavy atom. The largest absolute Gasteiger partial charge is 0.481 e. The van der Waals surface area contributed by atoms with E-state index in [-0.39, 0.29) is 30.7 Å². The van der Waals surface area contributed by atoms with Crippen LogP contribution in [-0.4, -0.2) is 37.3 Å². The Morgan fingerprint density at radius 2 is 1.75 bits per heavy atom. The smallest absolute Gasteiger partial charge is 0.413 e. The van der Waals surface area contributed by atoms with Crippen molar-refractivity contribution in [1.82, 2.24) is 14.1 Å². The Hall–Kier alpha value is -4.39. The van der Waals surface area contributed by atoms with Gasteiger partial charge in [0.15, 0.2) is 5.90 Å². The molecular weight excluding hydrogens is 555 g/mol. The Balaban J connectivity index is 1.90. The van der Waals surface area contributed by atoms with E-state index in [2.05, 4.69) is 15.3 Å². The number of allylic oxidation sites excluding steroid dienone is 1. The van der Waals surface area contributed by atoms with Gasteiger partial charge in [-0.3, -0.25) is 9.36 Å². The van der Waals surface area contributed by atoms with Gasteiger partial charge in [-0.15, -0.1) is 0 Å². The number of nitrogens with zero attached hydrogens (tertiary/aromatic N) is 4. The maximum absolute atomic E-state index is 13.3. The van der Waals surface area contributed by atoms with Gasteiger partial charge in [0, 0.05) is 36.0 Å². The number of carbonyl (C=O) groups is 1. The van der Waals surface area contributed by atoms with Crippen LogP contribution in [0, 0.1) is 5.92 Å². The summed E-state index contributed by atoms with van der Waals surface area (Å²) in [5, 5.41) is 12.6. The van der Waals surface area contributed by atoms with Crippen LogP contribution in [0.2, 0.25) is 5.02 Å². The molecule has 0 aliphatic rings. The molecule has 212 valence electrons. The highest BCUT2D eigenvalue weighted by Crippen LogP contribution is 2.25. The van der Waals surface area contributed by atoms with Gasteiger partial charge in [-0.05, 0) is 48.9 Å². The summed E-state index contributed by atoms with van der Waals surface area (Å²) in [5.41, 5.74) is -1.50. The van der Waals surface area contributed by atoms with Crippen molar-refractivity contribution >= 4 is 35.1 Å². The van der Waals surface area contributed by atoms with Crippen molar-refractivity contribution in [1.29, 1.82) is 0 Å². The summed E-state index contributed by atoms with van der Waals surface area (Å²) in [6.45, 7) is 3.28. The summed E-state index contributed by atoms with van der Waals surface area (Å²) in [6, 6.07) is 12.7. The second-order valence-electron chi connectivity index (χ2n) is 8.77. The van der Waals surface area contributed by atoms with Gasteiger partial charge in [0.2, 0.25) is 5.95 Å². The summed E-state index contributed by atoms with van der Waals surface area (Å²) >= 11 is 5.95. The van der Waals surface area contributed by atoms with E-state index in [9.17, 15) is 32.7 Å². The molecule has 1 heterocycles. The number of carboxylic acid groups (broad SMARTS) is 1. The molecule has 0 spiro atoms. The third-order valence-corrected chi connectivity index (χ3v) is 5.80. The normalized spacial score (nSPS) is 13.2. The predicted molar refractivity (Wildman–Crippen MR) is 143 cm³/mol. The standard InChI is InChI=1S/C26H25ClF3N5O5/c1-15(22(36)37)13-35-24(38)33-23(34(25(35)39)14-18-4-6-19(27)7-5-18)32-20-8-10-21(11-9-20)40-17(3)31-12-16(2)26(28,29)30/h4-12,15H,13-14H2,1-3H3,(H,36,37)(H,32,33,38)/b16-12+,31-17?/t15-/m0/s1. The van der Waals surface area contributed by atoms with Crippen LogP contribution >= 0.6 is 11.6 Å². The minimum absolute atomic E-state index is 0.00518. The molecule has 0 saturated carbocycles. The molecule has 0 bridgehead atoms. The van der Waals surface area contributed by atoms with Crippen LogP contribution in [0.3, 0.4) is 0 Å². The molecule has 2 N–H and O–H groups in total. The highest BCUT2D eigenvalue weighted by Gasteiger charge is 2.29. The van der Waals surface area contributed by atoms with Crippen molar-refractivity contribution in [3.8, 4) is 5.75 Å². The first-order valence-electron chi connectivity index (χ1n) is 11.8. The number of anilines is 2. The van der Waals surface area contributed by atoms with Gasteiger partial charge in [0.05, 0.1) is 12.5 Å². The van der Waals surface area contributed by atoms with Crippen LogP contribution in [0.5, 0.6) is 5.75 Å². The molecule has 3 aromatic rings. The van der Waals surface area contributed by atoms with E-state index in [0.717, 1.165) is 11.5 Å². The van der Waals surface area contributed by atoms with Crippen molar-refractivity contribution in [2.45, 2.75) is 40.0 Å². The second kappa shape index (κ2) is 12.6. The highest BCUT2D eigenvalue weighted by molar-refractivity contribution is 6.30. The molecule has 10 nitrogen and oxygen atoms in total. The Labute approximate surface area is 231 Å². The maximum Gasteiger partial charge on any atom is 0.413 e. The lowest BCUT2D eigenvalue weighted by Gasteiger charge is -2.17. The minimum atomic E-state index is -4.49. The van der Waals surface area contributed by atoms with E-state index in [4.69, 9.17) is 16.3 Å². The van der Waals surface area contributed by atoms with Crippen LogP contribution in [0.25, 0.3) is 0 Å². The molecule has 0 unspecified atom stereocenters. The number of rotatable bonds is 9.